The average molecular weight is 286 g/mol. The van der Waals surface area contributed by atoms with Crippen molar-refractivity contribution in [1.29, 1.82) is 0 Å². The molecule has 1 aliphatic carbocycles. The van der Waals surface area contributed by atoms with Crippen LogP contribution >= 0.6 is 0 Å². The highest BCUT2D eigenvalue weighted by Crippen LogP contribution is 2.37. The van der Waals surface area contributed by atoms with Gasteiger partial charge in [-0.2, -0.15) is 0 Å². The van der Waals surface area contributed by atoms with Crippen molar-refractivity contribution in [3.8, 4) is 0 Å². The SMILES string of the molecule is CCCc1nc2cc(C(=O)O)ccc2n1C1CCC(C)C1. The van der Waals surface area contributed by atoms with Crippen LogP contribution in [-0.4, -0.2) is 20.6 Å². The number of rotatable bonds is 4. The number of nitrogens with zero attached hydrogens (tertiary/aromatic N) is 2. The Balaban J connectivity index is 2.11. The van der Waals surface area contributed by atoms with Crippen LogP contribution in [0.25, 0.3) is 11.0 Å². The van der Waals surface area contributed by atoms with Gasteiger partial charge in [0.15, 0.2) is 0 Å². The third kappa shape index (κ3) is 2.55. The van der Waals surface area contributed by atoms with E-state index in [4.69, 9.17) is 10.1 Å². The first-order valence-corrected chi connectivity index (χ1v) is 7.84. The van der Waals surface area contributed by atoms with Crippen LogP contribution in [0.15, 0.2) is 18.2 Å². The molecule has 1 aliphatic rings. The third-order valence-electron chi connectivity index (χ3n) is 4.52. The van der Waals surface area contributed by atoms with E-state index >= 15 is 0 Å². The molecule has 2 unspecified atom stereocenters. The van der Waals surface area contributed by atoms with Crippen LogP contribution < -0.4 is 0 Å². The second-order valence-corrected chi connectivity index (χ2v) is 6.23. The maximum atomic E-state index is 11.1. The summed E-state index contributed by atoms with van der Waals surface area (Å²) in [5.74, 6) is 0.979. The molecule has 0 radical (unpaired) electrons. The number of hydrogen-bond donors (Lipinski definition) is 1. The van der Waals surface area contributed by atoms with Gasteiger partial charge in [-0.1, -0.05) is 13.8 Å². The first-order valence-electron chi connectivity index (χ1n) is 7.84. The molecule has 4 nitrogen and oxygen atoms in total. The Hall–Kier alpha value is -1.84. The Morgan fingerprint density at radius 3 is 2.86 bits per heavy atom. The number of hydrogen-bond acceptors (Lipinski definition) is 2. The molecule has 0 amide bonds. The third-order valence-corrected chi connectivity index (χ3v) is 4.52. The minimum Gasteiger partial charge on any atom is -0.478 e. The summed E-state index contributed by atoms with van der Waals surface area (Å²) >= 11 is 0. The number of fused-ring (bicyclic) bond motifs is 1. The molecular formula is C17H22N2O2. The zero-order valence-corrected chi connectivity index (χ0v) is 12.7. The van der Waals surface area contributed by atoms with Gasteiger partial charge in [0.1, 0.15) is 5.82 Å². The van der Waals surface area contributed by atoms with Crippen molar-refractivity contribution >= 4 is 17.0 Å². The smallest absolute Gasteiger partial charge is 0.335 e. The summed E-state index contributed by atoms with van der Waals surface area (Å²) < 4.78 is 2.37. The molecule has 2 atom stereocenters. The van der Waals surface area contributed by atoms with Crippen LogP contribution in [0, 0.1) is 5.92 Å². The number of carbonyl (C=O) groups is 1. The second-order valence-electron chi connectivity index (χ2n) is 6.23. The molecular weight excluding hydrogens is 264 g/mol. The number of aromatic carboxylic acids is 1. The van der Waals surface area contributed by atoms with Gasteiger partial charge in [-0.25, -0.2) is 9.78 Å². The number of carboxylic acid groups (broad SMARTS) is 1. The highest BCUT2D eigenvalue weighted by Gasteiger charge is 2.26. The maximum Gasteiger partial charge on any atom is 0.335 e. The molecule has 21 heavy (non-hydrogen) atoms. The fourth-order valence-corrected chi connectivity index (χ4v) is 3.50. The Morgan fingerprint density at radius 2 is 2.24 bits per heavy atom. The molecule has 0 bridgehead atoms. The Labute approximate surface area is 124 Å². The monoisotopic (exact) mass is 286 g/mol. The average Bonchev–Trinajstić information content (AvgIpc) is 3.01. The molecule has 4 heteroatoms. The van der Waals surface area contributed by atoms with Gasteiger partial charge in [0.2, 0.25) is 0 Å². The number of aromatic nitrogens is 2. The quantitative estimate of drug-likeness (QED) is 0.922. The second kappa shape index (κ2) is 5.51. The van der Waals surface area contributed by atoms with E-state index in [1.54, 1.807) is 12.1 Å². The number of benzene rings is 1. The Morgan fingerprint density at radius 1 is 1.43 bits per heavy atom. The Bertz CT molecular complexity index is 675. The molecule has 0 saturated heterocycles. The molecule has 1 heterocycles. The van der Waals surface area contributed by atoms with Crippen LogP contribution in [-0.2, 0) is 6.42 Å². The predicted octanol–water partition coefficient (Wildman–Crippen LogP) is 4.05. The van der Waals surface area contributed by atoms with E-state index in [2.05, 4.69) is 18.4 Å². The summed E-state index contributed by atoms with van der Waals surface area (Å²) in [6.45, 7) is 4.46. The van der Waals surface area contributed by atoms with Gasteiger partial charge in [0.05, 0.1) is 16.6 Å². The van der Waals surface area contributed by atoms with Crippen LogP contribution in [0.1, 0.15) is 61.8 Å². The fraction of sp³-hybridized carbons (Fsp3) is 0.529. The molecule has 1 aromatic heterocycles. The van der Waals surface area contributed by atoms with E-state index in [1.807, 2.05) is 6.07 Å². The van der Waals surface area contributed by atoms with Crippen molar-refractivity contribution in [2.45, 2.75) is 52.0 Å². The van der Waals surface area contributed by atoms with Gasteiger partial charge >= 0.3 is 5.97 Å². The van der Waals surface area contributed by atoms with Crippen LogP contribution in [0.3, 0.4) is 0 Å². The van der Waals surface area contributed by atoms with E-state index in [9.17, 15) is 4.79 Å². The number of aryl methyl sites for hydroxylation is 1. The zero-order valence-electron chi connectivity index (χ0n) is 12.7. The van der Waals surface area contributed by atoms with Gasteiger partial charge in [0, 0.05) is 12.5 Å². The molecule has 0 spiro atoms. The number of imidazole rings is 1. The molecule has 1 fully saturated rings. The minimum atomic E-state index is -0.891. The lowest BCUT2D eigenvalue weighted by atomic mass is 10.1. The van der Waals surface area contributed by atoms with E-state index in [0.29, 0.717) is 11.6 Å². The number of carboxylic acids is 1. The van der Waals surface area contributed by atoms with Gasteiger partial charge in [-0.15, -0.1) is 0 Å². The lowest BCUT2D eigenvalue weighted by Gasteiger charge is -2.16. The highest BCUT2D eigenvalue weighted by atomic mass is 16.4. The minimum absolute atomic E-state index is 0.315. The summed E-state index contributed by atoms with van der Waals surface area (Å²) in [5, 5.41) is 9.14. The molecule has 0 aliphatic heterocycles. The highest BCUT2D eigenvalue weighted by molar-refractivity contribution is 5.92. The van der Waals surface area contributed by atoms with Gasteiger partial charge in [-0.05, 0) is 49.8 Å². The molecule has 1 N–H and O–H groups in total. The lowest BCUT2D eigenvalue weighted by molar-refractivity contribution is 0.0697. The summed E-state index contributed by atoms with van der Waals surface area (Å²) in [6.07, 6.45) is 5.66. The Kier molecular flexibility index (Phi) is 3.70. The maximum absolute atomic E-state index is 11.1. The van der Waals surface area contributed by atoms with Gasteiger partial charge < -0.3 is 9.67 Å². The summed E-state index contributed by atoms with van der Waals surface area (Å²) in [4.78, 5) is 15.8. The van der Waals surface area contributed by atoms with Crippen molar-refractivity contribution in [3.63, 3.8) is 0 Å². The van der Waals surface area contributed by atoms with Crippen LogP contribution in [0.5, 0.6) is 0 Å². The van der Waals surface area contributed by atoms with Crippen LogP contribution in [0.4, 0.5) is 0 Å². The van der Waals surface area contributed by atoms with Crippen molar-refractivity contribution in [2.75, 3.05) is 0 Å². The lowest BCUT2D eigenvalue weighted by Crippen LogP contribution is -2.09. The normalized spacial score (nSPS) is 22.0. The van der Waals surface area contributed by atoms with Crippen molar-refractivity contribution < 1.29 is 9.90 Å². The van der Waals surface area contributed by atoms with Crippen LogP contribution in [0.2, 0.25) is 0 Å². The topological polar surface area (TPSA) is 55.1 Å². The van der Waals surface area contributed by atoms with Crippen molar-refractivity contribution in [2.24, 2.45) is 5.92 Å². The largest absolute Gasteiger partial charge is 0.478 e. The molecule has 1 aromatic carbocycles. The van der Waals surface area contributed by atoms with Crippen molar-refractivity contribution in [1.82, 2.24) is 9.55 Å². The van der Waals surface area contributed by atoms with Gasteiger partial charge in [-0.3, -0.25) is 0 Å². The predicted molar refractivity (Wildman–Crippen MR) is 82.7 cm³/mol. The first-order chi connectivity index (χ1) is 10.1. The van der Waals surface area contributed by atoms with Gasteiger partial charge in [0.25, 0.3) is 0 Å². The van der Waals surface area contributed by atoms with E-state index < -0.39 is 5.97 Å². The van der Waals surface area contributed by atoms with Crippen molar-refractivity contribution in [3.05, 3.63) is 29.6 Å². The molecule has 3 rings (SSSR count). The molecule has 1 saturated carbocycles. The summed E-state index contributed by atoms with van der Waals surface area (Å²) in [5.41, 5.74) is 2.22. The molecule has 112 valence electrons. The van der Waals surface area contributed by atoms with E-state index in [0.717, 1.165) is 35.6 Å². The summed E-state index contributed by atoms with van der Waals surface area (Å²) in [6, 6.07) is 5.83. The summed E-state index contributed by atoms with van der Waals surface area (Å²) in [7, 11) is 0. The zero-order chi connectivity index (χ0) is 15.0. The van der Waals surface area contributed by atoms with E-state index in [1.165, 1.54) is 19.3 Å². The molecule has 2 aromatic rings. The van der Waals surface area contributed by atoms with E-state index in [-0.39, 0.29) is 0 Å². The first kappa shape index (κ1) is 14.1. The standard InChI is InChI=1S/C17H22N2O2/c1-3-4-16-18-14-10-12(17(20)21)6-8-15(14)19(16)13-7-5-11(2)9-13/h6,8,10-11,13H,3-5,7,9H2,1-2H3,(H,20,21). The fourth-order valence-electron chi connectivity index (χ4n) is 3.50.